The maximum Gasteiger partial charge on any atom is 0.200 e. The minimum atomic E-state index is -0.558. The van der Waals surface area contributed by atoms with Gasteiger partial charge < -0.3 is 15.3 Å². The van der Waals surface area contributed by atoms with Crippen molar-refractivity contribution in [1.29, 1.82) is 0 Å². The number of ketones is 1. The number of rotatable bonds is 12. The van der Waals surface area contributed by atoms with Crippen molar-refractivity contribution in [1.82, 2.24) is 0 Å². The molecule has 3 N–H and O–H groups in total. The molecule has 0 unspecified atom stereocenters. The molecule has 1 aromatic carbocycles. The van der Waals surface area contributed by atoms with Crippen LogP contribution in [0.2, 0.25) is 0 Å². The van der Waals surface area contributed by atoms with E-state index >= 15 is 0 Å². The SMILES string of the molecule is CC(C)CCCCCCCCCC(=O)Cc1ccc(O)c(O)c1O. The molecule has 0 amide bonds. The summed E-state index contributed by atoms with van der Waals surface area (Å²) < 4.78 is 0. The van der Waals surface area contributed by atoms with Gasteiger partial charge in [-0.05, 0) is 18.4 Å². The van der Waals surface area contributed by atoms with Crippen LogP contribution in [0.3, 0.4) is 0 Å². The van der Waals surface area contributed by atoms with E-state index in [1.807, 2.05) is 0 Å². The number of phenols is 3. The van der Waals surface area contributed by atoms with Crippen molar-refractivity contribution in [3.05, 3.63) is 17.7 Å². The number of carbonyl (C=O) groups is 1. The summed E-state index contributed by atoms with van der Waals surface area (Å²) in [5.41, 5.74) is 0.362. The number of aromatic hydroxyl groups is 3. The monoisotopic (exact) mass is 336 g/mol. The predicted octanol–water partition coefficient (Wildman–Crippen LogP) is 5.08. The molecule has 0 heterocycles. The zero-order chi connectivity index (χ0) is 17.9. The molecule has 1 rings (SSSR count). The molecule has 24 heavy (non-hydrogen) atoms. The Bertz CT molecular complexity index is 509. The smallest absolute Gasteiger partial charge is 0.200 e. The van der Waals surface area contributed by atoms with Crippen LogP contribution < -0.4 is 0 Å². The van der Waals surface area contributed by atoms with Gasteiger partial charge in [0, 0.05) is 18.4 Å². The molecule has 0 aromatic heterocycles. The van der Waals surface area contributed by atoms with E-state index in [1.54, 1.807) is 0 Å². The standard InChI is InChI=1S/C20H32O4/c1-15(2)10-8-6-4-3-5-7-9-11-17(21)14-16-12-13-18(22)20(24)19(16)23/h12-13,15,22-24H,3-11,14H2,1-2H3. The Balaban J connectivity index is 2.12. The highest BCUT2D eigenvalue weighted by atomic mass is 16.3. The Morgan fingerprint density at radius 2 is 1.46 bits per heavy atom. The topological polar surface area (TPSA) is 77.8 Å². The van der Waals surface area contributed by atoms with Crippen LogP contribution in [-0.2, 0) is 11.2 Å². The van der Waals surface area contributed by atoms with E-state index in [0.717, 1.165) is 18.8 Å². The molecule has 0 aliphatic rings. The van der Waals surface area contributed by atoms with Crippen molar-refractivity contribution in [2.75, 3.05) is 0 Å². The second-order valence-corrected chi connectivity index (χ2v) is 7.06. The van der Waals surface area contributed by atoms with Crippen LogP contribution in [0.1, 0.15) is 77.2 Å². The maximum absolute atomic E-state index is 11.9. The molecule has 0 aliphatic carbocycles. The summed E-state index contributed by atoms with van der Waals surface area (Å²) in [7, 11) is 0. The summed E-state index contributed by atoms with van der Waals surface area (Å²) in [6.45, 7) is 4.52. The number of hydrogen-bond donors (Lipinski definition) is 3. The number of Topliss-reactive ketones (excluding diaryl/α,β-unsaturated/α-hetero) is 1. The first kappa shape index (κ1) is 20.3. The Morgan fingerprint density at radius 1 is 0.875 bits per heavy atom. The third kappa shape index (κ3) is 7.71. The van der Waals surface area contributed by atoms with Crippen molar-refractivity contribution in [3.8, 4) is 17.2 Å². The van der Waals surface area contributed by atoms with E-state index in [9.17, 15) is 20.1 Å². The summed E-state index contributed by atoms with van der Waals surface area (Å²) in [4.78, 5) is 11.9. The van der Waals surface area contributed by atoms with Crippen molar-refractivity contribution in [3.63, 3.8) is 0 Å². The summed E-state index contributed by atoms with van der Waals surface area (Å²) in [5, 5.41) is 28.4. The Hall–Kier alpha value is -1.71. The molecule has 0 atom stereocenters. The van der Waals surface area contributed by atoms with E-state index in [2.05, 4.69) is 13.8 Å². The van der Waals surface area contributed by atoms with Crippen molar-refractivity contribution >= 4 is 5.78 Å². The first-order valence-electron chi connectivity index (χ1n) is 9.16. The van der Waals surface area contributed by atoms with Crippen LogP contribution >= 0.6 is 0 Å². The van der Waals surface area contributed by atoms with Crippen LogP contribution in [0.4, 0.5) is 0 Å². The summed E-state index contributed by atoms with van der Waals surface area (Å²) in [5.74, 6) is -0.488. The highest BCUT2D eigenvalue weighted by Crippen LogP contribution is 2.37. The molecular weight excluding hydrogens is 304 g/mol. The minimum absolute atomic E-state index is 0.0484. The van der Waals surface area contributed by atoms with Crippen LogP contribution in [0.5, 0.6) is 17.2 Å². The van der Waals surface area contributed by atoms with Gasteiger partial charge in [-0.3, -0.25) is 4.79 Å². The van der Waals surface area contributed by atoms with Gasteiger partial charge in [0.15, 0.2) is 11.5 Å². The zero-order valence-corrected chi connectivity index (χ0v) is 15.1. The fourth-order valence-electron chi connectivity index (χ4n) is 2.81. The predicted molar refractivity (Wildman–Crippen MR) is 96.5 cm³/mol. The second kappa shape index (κ2) is 11.0. The van der Waals surface area contributed by atoms with Crippen LogP contribution in [0.25, 0.3) is 0 Å². The largest absolute Gasteiger partial charge is 0.504 e. The lowest BCUT2D eigenvalue weighted by atomic mass is 10.0. The van der Waals surface area contributed by atoms with Crippen LogP contribution in [-0.4, -0.2) is 21.1 Å². The third-order valence-electron chi connectivity index (χ3n) is 4.34. The molecule has 0 saturated carbocycles. The highest BCUT2D eigenvalue weighted by molar-refractivity contribution is 5.82. The van der Waals surface area contributed by atoms with Gasteiger partial charge in [0.2, 0.25) is 5.75 Å². The van der Waals surface area contributed by atoms with E-state index in [4.69, 9.17) is 0 Å². The van der Waals surface area contributed by atoms with Crippen LogP contribution in [0, 0.1) is 5.92 Å². The van der Waals surface area contributed by atoms with Gasteiger partial charge in [-0.25, -0.2) is 0 Å². The van der Waals surface area contributed by atoms with Gasteiger partial charge in [0.05, 0.1) is 0 Å². The third-order valence-corrected chi connectivity index (χ3v) is 4.34. The quantitative estimate of drug-likeness (QED) is 0.367. The first-order valence-corrected chi connectivity index (χ1v) is 9.16. The molecule has 1 aromatic rings. The Morgan fingerprint density at radius 3 is 2.08 bits per heavy atom. The molecule has 4 nitrogen and oxygen atoms in total. The molecule has 0 aliphatic heterocycles. The molecule has 136 valence electrons. The lowest BCUT2D eigenvalue weighted by molar-refractivity contribution is -0.118. The Kier molecular flexibility index (Phi) is 9.28. The maximum atomic E-state index is 11.9. The fraction of sp³-hybridized carbons (Fsp3) is 0.650. The number of benzene rings is 1. The number of carbonyl (C=O) groups excluding carboxylic acids is 1. The second-order valence-electron chi connectivity index (χ2n) is 7.06. The van der Waals surface area contributed by atoms with E-state index < -0.39 is 11.5 Å². The normalized spacial score (nSPS) is 11.1. The summed E-state index contributed by atoms with van der Waals surface area (Å²) >= 11 is 0. The van der Waals surface area contributed by atoms with Crippen LogP contribution in [0.15, 0.2) is 12.1 Å². The number of phenolic OH excluding ortho intramolecular Hbond substituents is 3. The molecule has 0 fully saturated rings. The lowest BCUT2D eigenvalue weighted by Crippen LogP contribution is -2.02. The first-order chi connectivity index (χ1) is 11.4. The number of hydrogen-bond acceptors (Lipinski definition) is 4. The number of unbranched alkanes of at least 4 members (excludes halogenated alkanes) is 6. The van der Waals surface area contributed by atoms with Gasteiger partial charge in [0.25, 0.3) is 0 Å². The zero-order valence-electron chi connectivity index (χ0n) is 15.1. The molecular formula is C20H32O4. The van der Waals surface area contributed by atoms with Gasteiger partial charge in [-0.15, -0.1) is 0 Å². The average Bonchev–Trinajstić information content (AvgIpc) is 2.53. The van der Waals surface area contributed by atoms with E-state index in [1.165, 1.54) is 50.7 Å². The fourth-order valence-corrected chi connectivity index (χ4v) is 2.81. The van der Waals surface area contributed by atoms with Crippen molar-refractivity contribution < 1.29 is 20.1 Å². The Labute approximate surface area is 145 Å². The summed E-state index contributed by atoms with van der Waals surface area (Å²) in [6.07, 6.45) is 10.1. The minimum Gasteiger partial charge on any atom is -0.504 e. The molecule has 0 spiro atoms. The van der Waals surface area contributed by atoms with Gasteiger partial charge in [-0.1, -0.05) is 64.9 Å². The molecule has 0 radical (unpaired) electrons. The van der Waals surface area contributed by atoms with Gasteiger partial charge in [0.1, 0.15) is 5.78 Å². The lowest BCUT2D eigenvalue weighted by Gasteiger charge is -2.07. The highest BCUT2D eigenvalue weighted by Gasteiger charge is 2.13. The van der Waals surface area contributed by atoms with E-state index in [-0.39, 0.29) is 18.0 Å². The van der Waals surface area contributed by atoms with Crippen molar-refractivity contribution in [2.45, 2.75) is 78.1 Å². The van der Waals surface area contributed by atoms with Crippen molar-refractivity contribution in [2.24, 2.45) is 5.92 Å². The summed E-state index contributed by atoms with van der Waals surface area (Å²) in [6, 6.07) is 2.76. The molecule has 0 saturated heterocycles. The average molecular weight is 336 g/mol. The van der Waals surface area contributed by atoms with E-state index in [0.29, 0.717) is 12.0 Å². The van der Waals surface area contributed by atoms with Gasteiger partial charge >= 0.3 is 0 Å². The molecule has 0 bridgehead atoms. The van der Waals surface area contributed by atoms with Gasteiger partial charge in [-0.2, -0.15) is 0 Å². The molecule has 4 heteroatoms.